The van der Waals surface area contributed by atoms with Gasteiger partial charge in [0.05, 0.1) is 51.9 Å². The van der Waals surface area contributed by atoms with Gasteiger partial charge in [0.15, 0.2) is 6.10 Å². The lowest BCUT2D eigenvalue weighted by molar-refractivity contribution is -0.152. The molecule has 1 aliphatic heterocycles. The molecule has 1 saturated heterocycles. The molecule has 0 saturated carbocycles. The van der Waals surface area contributed by atoms with Gasteiger partial charge in [0, 0.05) is 13.6 Å². The Balaban J connectivity index is 1.94. The molecule has 1 aromatic carbocycles. The zero-order valence-electron chi connectivity index (χ0n) is 20.3. The van der Waals surface area contributed by atoms with Gasteiger partial charge in [-0.2, -0.15) is 0 Å². The van der Waals surface area contributed by atoms with Crippen LogP contribution in [0.25, 0.3) is 0 Å². The molecule has 0 spiro atoms. The number of benzene rings is 1. The van der Waals surface area contributed by atoms with Gasteiger partial charge in [-0.1, -0.05) is 30.3 Å². The molecule has 0 bridgehead atoms. The minimum Gasteiger partial charge on any atom is -0.457 e. The standard InChI is InChI=1S/C22H36O10P2/c1-5-28-33(4,24)30-13-14-31-34(25,29-6-2)15-12-20-22(21(17-26-20)32-18(3)23)27-16-19-10-8-7-9-11-19/h7-11,20-22H,5-6,12-17H2,1-4H3/t20-,21?,22+,33?,34?/m1/s1. The van der Waals surface area contributed by atoms with Gasteiger partial charge in [-0.25, -0.2) is 0 Å². The van der Waals surface area contributed by atoms with Crippen molar-refractivity contribution in [2.45, 2.75) is 52.1 Å². The molecular formula is C22H36O10P2. The van der Waals surface area contributed by atoms with E-state index in [2.05, 4.69) is 0 Å². The topological polar surface area (TPSA) is 116 Å². The molecule has 1 heterocycles. The van der Waals surface area contributed by atoms with E-state index in [0.29, 0.717) is 13.0 Å². The molecule has 34 heavy (non-hydrogen) atoms. The van der Waals surface area contributed by atoms with E-state index in [-0.39, 0.29) is 39.2 Å². The molecule has 10 nitrogen and oxygen atoms in total. The fourth-order valence-corrected chi connectivity index (χ4v) is 6.09. The first kappa shape index (κ1) is 29.1. The Morgan fingerprint density at radius 3 is 2.35 bits per heavy atom. The zero-order chi connectivity index (χ0) is 25.0. The molecule has 1 aliphatic rings. The average Bonchev–Trinajstić information content (AvgIpc) is 3.15. The molecule has 0 aliphatic carbocycles. The van der Waals surface area contributed by atoms with Crippen molar-refractivity contribution in [3.8, 4) is 0 Å². The predicted molar refractivity (Wildman–Crippen MR) is 126 cm³/mol. The van der Waals surface area contributed by atoms with Crippen molar-refractivity contribution >= 4 is 21.2 Å². The summed E-state index contributed by atoms with van der Waals surface area (Å²) in [5, 5.41) is 0. The van der Waals surface area contributed by atoms with Crippen LogP contribution in [0.4, 0.5) is 0 Å². The smallest absolute Gasteiger partial charge is 0.330 e. The number of hydrogen-bond donors (Lipinski definition) is 0. The van der Waals surface area contributed by atoms with E-state index in [4.69, 9.17) is 32.3 Å². The first-order chi connectivity index (χ1) is 16.2. The maximum absolute atomic E-state index is 13.2. The lowest BCUT2D eigenvalue weighted by atomic mass is 10.1. The molecule has 1 aromatic rings. The second-order valence-corrected chi connectivity index (χ2v) is 11.9. The molecule has 2 rings (SSSR count). The summed E-state index contributed by atoms with van der Waals surface area (Å²) in [5.74, 6) is -0.425. The summed E-state index contributed by atoms with van der Waals surface area (Å²) in [6.45, 7) is 6.96. The Bertz CT molecular complexity index is 834. The van der Waals surface area contributed by atoms with Crippen LogP contribution in [0, 0.1) is 0 Å². The Hall–Kier alpha value is -1.09. The lowest BCUT2D eigenvalue weighted by Gasteiger charge is -2.25. The van der Waals surface area contributed by atoms with Gasteiger partial charge in [-0.3, -0.25) is 13.9 Å². The van der Waals surface area contributed by atoms with E-state index in [0.717, 1.165) is 5.56 Å². The number of hydrogen-bond acceptors (Lipinski definition) is 10. The first-order valence-corrected chi connectivity index (χ1v) is 15.1. The third-order valence-electron chi connectivity index (χ3n) is 4.88. The van der Waals surface area contributed by atoms with E-state index in [1.807, 2.05) is 30.3 Å². The third-order valence-corrected chi connectivity index (χ3v) is 8.30. The van der Waals surface area contributed by atoms with E-state index >= 15 is 0 Å². The van der Waals surface area contributed by atoms with Crippen molar-refractivity contribution < 1.29 is 46.2 Å². The highest BCUT2D eigenvalue weighted by Gasteiger charge is 2.41. The summed E-state index contributed by atoms with van der Waals surface area (Å²) >= 11 is 0. The second-order valence-electron chi connectivity index (χ2n) is 7.68. The van der Waals surface area contributed by atoms with Gasteiger partial charge in [-0.05, 0) is 25.8 Å². The van der Waals surface area contributed by atoms with Crippen LogP contribution in [-0.2, 0) is 52.8 Å². The summed E-state index contributed by atoms with van der Waals surface area (Å²) in [7, 11) is -6.64. The van der Waals surface area contributed by atoms with E-state index < -0.39 is 39.5 Å². The molecule has 3 unspecified atom stereocenters. The predicted octanol–water partition coefficient (Wildman–Crippen LogP) is 4.41. The highest BCUT2D eigenvalue weighted by atomic mass is 31.2. The molecule has 0 radical (unpaired) electrons. The first-order valence-electron chi connectivity index (χ1n) is 11.4. The molecule has 5 atom stereocenters. The normalized spacial score (nSPS) is 23.8. The summed E-state index contributed by atoms with van der Waals surface area (Å²) < 4.78 is 63.6. The van der Waals surface area contributed by atoms with E-state index in [9.17, 15) is 13.9 Å². The molecule has 12 heteroatoms. The summed E-state index contributed by atoms with van der Waals surface area (Å²) in [5.41, 5.74) is 0.971. The summed E-state index contributed by atoms with van der Waals surface area (Å²) in [6, 6.07) is 9.61. The number of carbonyl (C=O) groups excluding carboxylic acids is 1. The van der Waals surface area contributed by atoms with Crippen molar-refractivity contribution in [2.24, 2.45) is 0 Å². The van der Waals surface area contributed by atoms with Crippen LogP contribution >= 0.6 is 15.2 Å². The molecule has 0 N–H and O–H groups in total. The second kappa shape index (κ2) is 14.5. The van der Waals surface area contributed by atoms with Gasteiger partial charge in [-0.15, -0.1) is 0 Å². The van der Waals surface area contributed by atoms with E-state index in [1.54, 1.807) is 13.8 Å². The van der Waals surface area contributed by atoms with Gasteiger partial charge in [0.1, 0.15) is 6.10 Å². The van der Waals surface area contributed by atoms with Gasteiger partial charge in [0.25, 0.3) is 0 Å². The van der Waals surface area contributed by atoms with Crippen LogP contribution in [0.3, 0.4) is 0 Å². The molecule has 194 valence electrons. The van der Waals surface area contributed by atoms with Crippen LogP contribution < -0.4 is 0 Å². The summed E-state index contributed by atoms with van der Waals surface area (Å²) in [6.07, 6.45) is -1.18. The number of rotatable bonds is 16. The highest BCUT2D eigenvalue weighted by Crippen LogP contribution is 2.50. The molecular weight excluding hydrogens is 486 g/mol. The number of carbonyl (C=O) groups is 1. The summed E-state index contributed by atoms with van der Waals surface area (Å²) in [4.78, 5) is 11.5. The largest absolute Gasteiger partial charge is 0.457 e. The Labute approximate surface area is 201 Å². The third kappa shape index (κ3) is 10.3. The zero-order valence-corrected chi connectivity index (χ0v) is 22.0. The van der Waals surface area contributed by atoms with Crippen molar-refractivity contribution in [1.29, 1.82) is 0 Å². The van der Waals surface area contributed by atoms with Crippen molar-refractivity contribution in [2.75, 3.05) is 45.9 Å². The number of esters is 1. The van der Waals surface area contributed by atoms with Crippen LogP contribution in [0.15, 0.2) is 30.3 Å². The highest BCUT2D eigenvalue weighted by molar-refractivity contribution is 7.53. The fraction of sp³-hybridized carbons (Fsp3) is 0.682. The van der Waals surface area contributed by atoms with Crippen LogP contribution in [0.1, 0.15) is 32.8 Å². The van der Waals surface area contributed by atoms with E-state index in [1.165, 1.54) is 13.6 Å². The molecule has 0 amide bonds. The number of ether oxygens (including phenoxy) is 3. The minimum absolute atomic E-state index is 0.0535. The maximum Gasteiger partial charge on any atom is 0.330 e. The molecule has 0 aromatic heterocycles. The monoisotopic (exact) mass is 522 g/mol. The fourth-order valence-electron chi connectivity index (χ4n) is 3.49. The molecule has 1 fully saturated rings. The average molecular weight is 522 g/mol. The van der Waals surface area contributed by atoms with Gasteiger partial charge < -0.3 is 32.3 Å². The van der Waals surface area contributed by atoms with Crippen molar-refractivity contribution in [3.63, 3.8) is 0 Å². The Morgan fingerprint density at radius 1 is 1.03 bits per heavy atom. The van der Waals surface area contributed by atoms with Gasteiger partial charge in [0.2, 0.25) is 0 Å². The van der Waals surface area contributed by atoms with Crippen LogP contribution in [0.5, 0.6) is 0 Å². The maximum atomic E-state index is 13.2. The SMILES string of the molecule is CCOP(C)(=O)OCCOP(=O)(CC[C@H]1OCC(OC(C)=O)[C@H]1OCc1ccccc1)OCC. The Kier molecular flexibility index (Phi) is 12.4. The quantitative estimate of drug-likeness (QED) is 0.176. The van der Waals surface area contributed by atoms with Crippen molar-refractivity contribution in [1.82, 2.24) is 0 Å². The van der Waals surface area contributed by atoms with Crippen molar-refractivity contribution in [3.05, 3.63) is 35.9 Å². The van der Waals surface area contributed by atoms with Crippen LogP contribution in [0.2, 0.25) is 0 Å². The Morgan fingerprint density at radius 2 is 1.71 bits per heavy atom. The van der Waals surface area contributed by atoms with Gasteiger partial charge >= 0.3 is 21.2 Å². The van der Waals surface area contributed by atoms with Crippen LogP contribution in [-0.4, -0.2) is 70.1 Å². The minimum atomic E-state index is -3.47. The lowest BCUT2D eigenvalue weighted by Crippen LogP contribution is -2.36.